The van der Waals surface area contributed by atoms with Crippen molar-refractivity contribution >= 4 is 17.8 Å². The SMILES string of the molecule is CCNC(=NCCCc1cccc(OC)c1)NCCN1C(=O)C2C3C=CC(C3)C2C1=O. The van der Waals surface area contributed by atoms with E-state index in [2.05, 4.69) is 33.8 Å². The van der Waals surface area contributed by atoms with Gasteiger partial charge in [0.25, 0.3) is 0 Å². The summed E-state index contributed by atoms with van der Waals surface area (Å²) in [6.45, 7) is 4.35. The van der Waals surface area contributed by atoms with Crippen LogP contribution in [0.2, 0.25) is 0 Å². The van der Waals surface area contributed by atoms with Crippen LogP contribution in [-0.2, 0) is 16.0 Å². The van der Waals surface area contributed by atoms with Gasteiger partial charge in [-0.3, -0.25) is 19.5 Å². The van der Waals surface area contributed by atoms with Gasteiger partial charge in [0.1, 0.15) is 5.75 Å². The number of aliphatic imine (C=N–C) groups is 1. The van der Waals surface area contributed by atoms with Crippen molar-refractivity contribution in [1.82, 2.24) is 15.5 Å². The molecule has 4 unspecified atom stereocenters. The number of methoxy groups -OCH3 is 1. The molecule has 1 saturated heterocycles. The monoisotopic (exact) mass is 424 g/mol. The Kier molecular flexibility index (Phi) is 6.59. The number of allylic oxidation sites excluding steroid dienone is 2. The Morgan fingerprint density at radius 3 is 2.58 bits per heavy atom. The molecule has 0 radical (unpaired) electrons. The van der Waals surface area contributed by atoms with Crippen molar-refractivity contribution in [1.29, 1.82) is 0 Å². The molecule has 2 bridgehead atoms. The van der Waals surface area contributed by atoms with Gasteiger partial charge >= 0.3 is 0 Å². The molecule has 4 rings (SSSR count). The number of carbonyl (C=O) groups excluding carboxylic acids is 2. The van der Waals surface area contributed by atoms with Crippen LogP contribution < -0.4 is 15.4 Å². The third-order valence-corrected chi connectivity index (χ3v) is 6.56. The Labute approximate surface area is 183 Å². The van der Waals surface area contributed by atoms with Crippen molar-refractivity contribution in [3.63, 3.8) is 0 Å². The number of aryl methyl sites for hydroxylation is 1. The van der Waals surface area contributed by atoms with Gasteiger partial charge in [-0.25, -0.2) is 0 Å². The summed E-state index contributed by atoms with van der Waals surface area (Å²) in [4.78, 5) is 31.6. The maximum atomic E-state index is 12.8. The van der Waals surface area contributed by atoms with E-state index < -0.39 is 0 Å². The summed E-state index contributed by atoms with van der Waals surface area (Å²) in [6.07, 6.45) is 7.06. The first-order chi connectivity index (χ1) is 15.1. The number of ether oxygens (including phenoxy) is 1. The topological polar surface area (TPSA) is 83.0 Å². The van der Waals surface area contributed by atoms with Crippen molar-refractivity contribution in [3.05, 3.63) is 42.0 Å². The molecule has 7 nitrogen and oxygen atoms in total. The van der Waals surface area contributed by atoms with Gasteiger partial charge in [-0.05, 0) is 55.7 Å². The molecule has 1 aromatic carbocycles. The molecule has 3 aliphatic rings. The zero-order valence-corrected chi connectivity index (χ0v) is 18.3. The van der Waals surface area contributed by atoms with E-state index in [1.165, 1.54) is 10.5 Å². The predicted molar refractivity (Wildman–Crippen MR) is 120 cm³/mol. The summed E-state index contributed by atoms with van der Waals surface area (Å²) in [5.41, 5.74) is 1.23. The summed E-state index contributed by atoms with van der Waals surface area (Å²) < 4.78 is 5.27. The van der Waals surface area contributed by atoms with E-state index >= 15 is 0 Å². The first kappa shape index (κ1) is 21.4. The number of carbonyl (C=O) groups is 2. The van der Waals surface area contributed by atoms with Gasteiger partial charge in [0, 0.05) is 26.2 Å². The Morgan fingerprint density at radius 2 is 1.90 bits per heavy atom. The molecule has 31 heavy (non-hydrogen) atoms. The number of amides is 2. The minimum atomic E-state index is -0.124. The van der Waals surface area contributed by atoms with Crippen LogP contribution in [0.5, 0.6) is 5.75 Å². The molecule has 2 aliphatic carbocycles. The van der Waals surface area contributed by atoms with E-state index in [0.29, 0.717) is 25.6 Å². The van der Waals surface area contributed by atoms with Gasteiger partial charge in [0.2, 0.25) is 11.8 Å². The predicted octanol–water partition coefficient (Wildman–Crippen LogP) is 1.99. The molecule has 7 heteroatoms. The summed E-state index contributed by atoms with van der Waals surface area (Å²) in [5.74, 6) is 1.87. The highest BCUT2D eigenvalue weighted by atomic mass is 16.5. The minimum absolute atomic E-state index is 0.00822. The van der Waals surface area contributed by atoms with E-state index in [-0.39, 0.29) is 35.5 Å². The number of nitrogens with zero attached hydrogens (tertiary/aromatic N) is 2. The van der Waals surface area contributed by atoms with Gasteiger partial charge < -0.3 is 15.4 Å². The lowest BCUT2D eigenvalue weighted by Gasteiger charge is -2.18. The molecule has 0 spiro atoms. The summed E-state index contributed by atoms with van der Waals surface area (Å²) in [5, 5.41) is 6.50. The highest BCUT2D eigenvalue weighted by molar-refractivity contribution is 6.06. The average molecular weight is 425 g/mol. The fourth-order valence-electron chi connectivity index (χ4n) is 5.11. The smallest absolute Gasteiger partial charge is 0.233 e. The Balaban J connectivity index is 1.24. The molecule has 1 heterocycles. The maximum absolute atomic E-state index is 12.8. The Bertz CT molecular complexity index is 851. The summed E-state index contributed by atoms with van der Waals surface area (Å²) >= 11 is 0. The third-order valence-electron chi connectivity index (χ3n) is 6.56. The number of likely N-dealkylation sites (tertiary alicyclic amines) is 1. The van der Waals surface area contributed by atoms with E-state index in [9.17, 15) is 9.59 Å². The zero-order valence-electron chi connectivity index (χ0n) is 18.3. The number of guanidine groups is 1. The highest BCUT2D eigenvalue weighted by Gasteiger charge is 2.58. The lowest BCUT2D eigenvalue weighted by Crippen LogP contribution is -2.43. The molecule has 2 N–H and O–H groups in total. The normalized spacial score (nSPS) is 26.5. The average Bonchev–Trinajstić information content (AvgIpc) is 3.46. The molecular weight excluding hydrogens is 392 g/mol. The van der Waals surface area contributed by atoms with Crippen LogP contribution in [0.25, 0.3) is 0 Å². The van der Waals surface area contributed by atoms with Crippen molar-refractivity contribution in [2.24, 2.45) is 28.7 Å². The number of hydrogen-bond acceptors (Lipinski definition) is 4. The van der Waals surface area contributed by atoms with Crippen LogP contribution in [0.4, 0.5) is 0 Å². The number of benzene rings is 1. The fourth-order valence-corrected chi connectivity index (χ4v) is 5.11. The standard InChI is InChI=1S/C24H32N4O3/c1-3-25-24(26-11-5-7-16-6-4-8-19(14-16)31-2)27-12-13-28-22(29)20-17-9-10-18(15-17)21(20)23(28)30/h4,6,8-10,14,17-18,20-21H,3,5,7,11-13,15H2,1-2H3,(H2,25,26,27). The quantitative estimate of drug-likeness (QED) is 0.208. The lowest BCUT2D eigenvalue weighted by atomic mass is 9.85. The summed E-state index contributed by atoms with van der Waals surface area (Å²) in [7, 11) is 1.68. The van der Waals surface area contributed by atoms with E-state index in [1.807, 2.05) is 25.1 Å². The molecule has 166 valence electrons. The molecule has 2 fully saturated rings. The Hall–Kier alpha value is -2.83. The van der Waals surface area contributed by atoms with E-state index in [0.717, 1.165) is 31.6 Å². The second kappa shape index (κ2) is 9.54. The van der Waals surface area contributed by atoms with Gasteiger partial charge in [0.15, 0.2) is 5.96 Å². The Morgan fingerprint density at radius 1 is 1.16 bits per heavy atom. The minimum Gasteiger partial charge on any atom is -0.497 e. The van der Waals surface area contributed by atoms with Gasteiger partial charge in [-0.15, -0.1) is 0 Å². The van der Waals surface area contributed by atoms with Gasteiger partial charge in [-0.2, -0.15) is 0 Å². The van der Waals surface area contributed by atoms with Crippen molar-refractivity contribution in [3.8, 4) is 5.75 Å². The third kappa shape index (κ3) is 4.45. The molecule has 2 amide bonds. The number of rotatable bonds is 9. The first-order valence-electron chi connectivity index (χ1n) is 11.3. The lowest BCUT2D eigenvalue weighted by molar-refractivity contribution is -0.140. The van der Waals surface area contributed by atoms with Crippen molar-refractivity contribution in [2.75, 3.05) is 33.3 Å². The second-order valence-electron chi connectivity index (χ2n) is 8.47. The molecule has 1 aliphatic heterocycles. The molecule has 1 saturated carbocycles. The summed E-state index contributed by atoms with van der Waals surface area (Å²) in [6, 6.07) is 8.09. The van der Waals surface area contributed by atoms with E-state index in [1.54, 1.807) is 7.11 Å². The van der Waals surface area contributed by atoms with Gasteiger partial charge in [-0.1, -0.05) is 24.3 Å². The molecular formula is C24H32N4O3. The molecule has 1 aromatic rings. The van der Waals surface area contributed by atoms with Crippen molar-refractivity contribution in [2.45, 2.75) is 26.2 Å². The van der Waals surface area contributed by atoms with Crippen LogP contribution in [0, 0.1) is 23.7 Å². The first-order valence-corrected chi connectivity index (χ1v) is 11.3. The molecule has 0 aromatic heterocycles. The van der Waals surface area contributed by atoms with Crippen LogP contribution in [0.1, 0.15) is 25.3 Å². The van der Waals surface area contributed by atoms with Crippen LogP contribution >= 0.6 is 0 Å². The zero-order chi connectivity index (χ0) is 21.8. The molecule has 4 atom stereocenters. The van der Waals surface area contributed by atoms with Crippen LogP contribution in [0.3, 0.4) is 0 Å². The second-order valence-corrected chi connectivity index (χ2v) is 8.47. The maximum Gasteiger partial charge on any atom is 0.233 e. The van der Waals surface area contributed by atoms with Gasteiger partial charge in [0.05, 0.1) is 18.9 Å². The van der Waals surface area contributed by atoms with Crippen LogP contribution in [-0.4, -0.2) is 56.0 Å². The fraction of sp³-hybridized carbons (Fsp3) is 0.542. The van der Waals surface area contributed by atoms with Crippen molar-refractivity contribution < 1.29 is 14.3 Å². The van der Waals surface area contributed by atoms with E-state index in [4.69, 9.17) is 4.74 Å². The number of imide groups is 1. The highest BCUT2D eigenvalue weighted by Crippen LogP contribution is 2.52. The number of fused-ring (bicyclic) bond motifs is 5. The number of nitrogens with one attached hydrogen (secondary N) is 2. The van der Waals surface area contributed by atoms with Crippen LogP contribution in [0.15, 0.2) is 41.4 Å². The number of hydrogen-bond donors (Lipinski definition) is 2. The largest absolute Gasteiger partial charge is 0.497 e.